The molecule has 2 aliphatic rings. The number of hydrogen-bond donors (Lipinski definition) is 1. The van der Waals surface area contributed by atoms with E-state index in [-0.39, 0.29) is 0 Å². The molecule has 0 aromatic carbocycles. The first-order valence-electron chi connectivity index (χ1n) is 7.36. The Balaban J connectivity index is 1.48. The number of aromatic nitrogens is 4. The molecule has 0 amide bonds. The first kappa shape index (κ1) is 12.0. The molecular weight excluding hydrogens is 250 g/mol. The summed E-state index contributed by atoms with van der Waals surface area (Å²) >= 11 is 0. The number of H-pyrrole nitrogens is 1. The van der Waals surface area contributed by atoms with Gasteiger partial charge < -0.3 is 0 Å². The largest absolute Gasteiger partial charge is 0.293 e. The van der Waals surface area contributed by atoms with Crippen molar-refractivity contribution in [2.24, 2.45) is 0 Å². The number of aromatic amines is 1. The van der Waals surface area contributed by atoms with Gasteiger partial charge in [-0.05, 0) is 25.8 Å². The molecule has 2 aromatic heterocycles. The molecule has 0 saturated heterocycles. The van der Waals surface area contributed by atoms with E-state index in [4.69, 9.17) is 4.98 Å². The topological polar surface area (TPSA) is 57.7 Å². The Morgan fingerprint density at radius 3 is 3.05 bits per heavy atom. The zero-order valence-electron chi connectivity index (χ0n) is 11.8. The predicted octanol–water partition coefficient (Wildman–Crippen LogP) is 1.94. The van der Waals surface area contributed by atoms with Crippen molar-refractivity contribution >= 4 is 0 Å². The van der Waals surface area contributed by atoms with Gasteiger partial charge in [-0.25, -0.2) is 9.97 Å². The van der Waals surface area contributed by atoms with Crippen LogP contribution in [0.3, 0.4) is 0 Å². The van der Waals surface area contributed by atoms with Gasteiger partial charge in [0.1, 0.15) is 5.82 Å². The highest BCUT2D eigenvalue weighted by Crippen LogP contribution is 2.38. The van der Waals surface area contributed by atoms with Crippen molar-refractivity contribution in [3.63, 3.8) is 0 Å². The quantitative estimate of drug-likeness (QED) is 0.925. The zero-order valence-corrected chi connectivity index (χ0v) is 11.8. The van der Waals surface area contributed by atoms with Gasteiger partial charge in [-0.3, -0.25) is 10.00 Å². The molecule has 3 heterocycles. The zero-order chi connectivity index (χ0) is 13.5. The first-order chi connectivity index (χ1) is 9.78. The lowest BCUT2D eigenvalue weighted by molar-refractivity contribution is 0.239. The van der Waals surface area contributed by atoms with E-state index in [1.54, 1.807) is 0 Å². The van der Waals surface area contributed by atoms with Crippen LogP contribution in [-0.4, -0.2) is 31.6 Å². The number of fused-ring (bicyclic) bond motifs is 1. The number of nitrogens with zero attached hydrogens (tertiary/aromatic N) is 4. The van der Waals surface area contributed by atoms with E-state index in [9.17, 15) is 0 Å². The molecular formula is C15H19N5. The average Bonchev–Trinajstić information content (AvgIpc) is 3.22. The van der Waals surface area contributed by atoms with Crippen molar-refractivity contribution in [3.8, 4) is 0 Å². The van der Waals surface area contributed by atoms with Crippen LogP contribution >= 0.6 is 0 Å². The molecule has 4 rings (SSSR count). The minimum Gasteiger partial charge on any atom is -0.293 e. The molecule has 20 heavy (non-hydrogen) atoms. The molecule has 0 spiro atoms. The van der Waals surface area contributed by atoms with Crippen LogP contribution in [-0.2, 0) is 19.5 Å². The Labute approximate surface area is 118 Å². The highest BCUT2D eigenvalue weighted by molar-refractivity contribution is 5.23. The van der Waals surface area contributed by atoms with Crippen molar-refractivity contribution in [2.75, 3.05) is 6.54 Å². The maximum Gasteiger partial charge on any atom is 0.131 e. The minimum absolute atomic E-state index is 0.644. The van der Waals surface area contributed by atoms with Crippen LogP contribution in [0.5, 0.6) is 0 Å². The van der Waals surface area contributed by atoms with Crippen LogP contribution in [0.4, 0.5) is 0 Å². The minimum atomic E-state index is 0.644. The fraction of sp³-hybridized carbons (Fsp3) is 0.533. The Morgan fingerprint density at radius 2 is 2.30 bits per heavy atom. The van der Waals surface area contributed by atoms with Gasteiger partial charge in [-0.2, -0.15) is 5.10 Å². The summed E-state index contributed by atoms with van der Waals surface area (Å²) < 4.78 is 0. The maximum atomic E-state index is 4.76. The van der Waals surface area contributed by atoms with Crippen LogP contribution in [0.1, 0.15) is 47.2 Å². The van der Waals surface area contributed by atoms with Gasteiger partial charge in [0.15, 0.2) is 0 Å². The van der Waals surface area contributed by atoms with Crippen molar-refractivity contribution in [1.29, 1.82) is 0 Å². The Hall–Kier alpha value is -1.75. The van der Waals surface area contributed by atoms with E-state index in [2.05, 4.69) is 26.1 Å². The average molecular weight is 269 g/mol. The highest BCUT2D eigenvalue weighted by atomic mass is 15.2. The van der Waals surface area contributed by atoms with Crippen LogP contribution in [0.25, 0.3) is 0 Å². The monoisotopic (exact) mass is 269 g/mol. The van der Waals surface area contributed by atoms with Crippen LogP contribution in [0.2, 0.25) is 0 Å². The fourth-order valence-electron chi connectivity index (χ4n) is 2.85. The molecule has 1 saturated carbocycles. The lowest BCUT2D eigenvalue weighted by atomic mass is 10.1. The second-order valence-electron chi connectivity index (χ2n) is 5.98. The van der Waals surface area contributed by atoms with Gasteiger partial charge in [-0.15, -0.1) is 0 Å². The summed E-state index contributed by atoms with van der Waals surface area (Å²) in [6, 6.07) is 2.11. The SMILES string of the molecule is Cc1cc(CN2CCc3nc(C4CC4)ncc3C2)n[nH]1. The lowest BCUT2D eigenvalue weighted by Gasteiger charge is -2.27. The molecule has 0 unspecified atom stereocenters. The standard InChI is InChI=1S/C15H19N5/c1-10-6-13(19-18-10)9-20-5-4-14-12(8-20)7-16-15(17-14)11-2-3-11/h6-7,11H,2-5,8-9H2,1H3,(H,18,19). The van der Waals surface area contributed by atoms with Crippen molar-refractivity contribution in [2.45, 2.75) is 45.2 Å². The maximum absolute atomic E-state index is 4.76. The van der Waals surface area contributed by atoms with E-state index in [1.165, 1.54) is 24.1 Å². The molecule has 0 atom stereocenters. The summed E-state index contributed by atoms with van der Waals surface area (Å²) in [5.74, 6) is 1.71. The van der Waals surface area contributed by atoms with Gasteiger partial charge in [0.25, 0.3) is 0 Å². The van der Waals surface area contributed by atoms with Gasteiger partial charge >= 0.3 is 0 Å². The second-order valence-corrected chi connectivity index (χ2v) is 5.98. The van der Waals surface area contributed by atoms with Crippen LogP contribution in [0.15, 0.2) is 12.3 Å². The molecule has 5 heteroatoms. The third-order valence-electron chi connectivity index (χ3n) is 4.12. The number of nitrogens with one attached hydrogen (secondary N) is 1. The van der Waals surface area contributed by atoms with Crippen LogP contribution < -0.4 is 0 Å². The van der Waals surface area contributed by atoms with Gasteiger partial charge in [-0.1, -0.05) is 0 Å². The summed E-state index contributed by atoms with van der Waals surface area (Å²) in [4.78, 5) is 11.7. The van der Waals surface area contributed by atoms with Gasteiger partial charge in [0.05, 0.1) is 5.69 Å². The smallest absolute Gasteiger partial charge is 0.131 e. The van der Waals surface area contributed by atoms with Crippen molar-refractivity contribution in [3.05, 3.63) is 40.7 Å². The molecule has 1 aliphatic carbocycles. The highest BCUT2D eigenvalue weighted by Gasteiger charge is 2.28. The van der Waals surface area contributed by atoms with Crippen LogP contribution in [0, 0.1) is 6.92 Å². The number of rotatable bonds is 3. The van der Waals surface area contributed by atoms with Crippen molar-refractivity contribution < 1.29 is 0 Å². The van der Waals surface area contributed by atoms with E-state index >= 15 is 0 Å². The molecule has 5 nitrogen and oxygen atoms in total. The predicted molar refractivity (Wildman–Crippen MR) is 75.1 cm³/mol. The lowest BCUT2D eigenvalue weighted by Crippen LogP contribution is -2.31. The molecule has 0 bridgehead atoms. The van der Waals surface area contributed by atoms with Crippen molar-refractivity contribution in [1.82, 2.24) is 25.1 Å². The summed E-state index contributed by atoms with van der Waals surface area (Å²) in [5.41, 5.74) is 4.78. The van der Waals surface area contributed by atoms with E-state index in [0.29, 0.717) is 5.92 Å². The molecule has 0 radical (unpaired) electrons. The van der Waals surface area contributed by atoms with E-state index in [1.807, 2.05) is 13.1 Å². The van der Waals surface area contributed by atoms with Gasteiger partial charge in [0, 0.05) is 55.1 Å². The molecule has 2 aromatic rings. The second kappa shape index (κ2) is 4.66. The fourth-order valence-corrected chi connectivity index (χ4v) is 2.85. The third-order valence-corrected chi connectivity index (χ3v) is 4.12. The van der Waals surface area contributed by atoms with E-state index in [0.717, 1.165) is 43.3 Å². The Bertz CT molecular complexity index is 629. The Morgan fingerprint density at radius 1 is 1.40 bits per heavy atom. The Kier molecular flexibility index (Phi) is 2.80. The number of hydrogen-bond acceptors (Lipinski definition) is 4. The summed E-state index contributed by atoms with van der Waals surface area (Å²) in [7, 11) is 0. The molecule has 1 aliphatic heterocycles. The summed E-state index contributed by atoms with van der Waals surface area (Å²) in [6.07, 6.45) is 5.60. The molecule has 104 valence electrons. The summed E-state index contributed by atoms with van der Waals surface area (Å²) in [5, 5.41) is 7.32. The first-order valence-corrected chi connectivity index (χ1v) is 7.36. The third kappa shape index (κ3) is 2.33. The number of aryl methyl sites for hydroxylation is 1. The normalized spacial score (nSPS) is 19.1. The molecule has 1 fully saturated rings. The summed E-state index contributed by atoms with van der Waals surface area (Å²) in [6.45, 7) is 4.93. The van der Waals surface area contributed by atoms with E-state index < -0.39 is 0 Å². The van der Waals surface area contributed by atoms with Gasteiger partial charge in [0.2, 0.25) is 0 Å². The molecule has 1 N–H and O–H groups in total.